The van der Waals surface area contributed by atoms with E-state index in [1.165, 1.54) is 38.1 Å². The van der Waals surface area contributed by atoms with Crippen LogP contribution in [-0.4, -0.2) is 30.1 Å². The van der Waals surface area contributed by atoms with Crippen molar-refractivity contribution in [1.82, 2.24) is 9.97 Å². The summed E-state index contributed by atoms with van der Waals surface area (Å²) in [6.07, 6.45) is -0.120. The number of amides is 1. The molecule has 0 aliphatic carbocycles. The second-order valence-electron chi connectivity index (χ2n) is 6.64. The van der Waals surface area contributed by atoms with Gasteiger partial charge in [0.1, 0.15) is 5.82 Å². The Labute approximate surface area is 183 Å². The number of thioether (sulfide) groups is 1. The number of ether oxygens (including phenoxy) is 2. The number of anilines is 1. The van der Waals surface area contributed by atoms with E-state index in [4.69, 9.17) is 9.47 Å². The first-order valence-corrected chi connectivity index (χ1v) is 10.4. The highest BCUT2D eigenvalue weighted by molar-refractivity contribution is 7.98. The molecule has 1 aromatic heterocycles. The SMILES string of the molecule is COc1ccc(NC(=O)Cc2c(C)nc(SCc3ccc(F)cc3)[nH]c2=O)cc1OC. The van der Waals surface area contributed by atoms with Crippen LogP contribution in [0.5, 0.6) is 11.5 Å². The van der Waals surface area contributed by atoms with Crippen molar-refractivity contribution in [3.63, 3.8) is 0 Å². The lowest BCUT2D eigenvalue weighted by atomic mass is 10.1. The molecule has 0 saturated heterocycles. The van der Waals surface area contributed by atoms with Crippen molar-refractivity contribution in [2.24, 2.45) is 0 Å². The molecule has 162 valence electrons. The summed E-state index contributed by atoms with van der Waals surface area (Å²) in [7, 11) is 3.04. The molecule has 7 nitrogen and oxygen atoms in total. The van der Waals surface area contributed by atoms with Gasteiger partial charge in [-0.3, -0.25) is 9.59 Å². The second kappa shape index (κ2) is 10.1. The van der Waals surface area contributed by atoms with Crippen LogP contribution >= 0.6 is 11.8 Å². The lowest BCUT2D eigenvalue weighted by molar-refractivity contribution is -0.115. The maximum absolute atomic E-state index is 13.0. The second-order valence-corrected chi connectivity index (χ2v) is 7.61. The molecule has 0 bridgehead atoms. The first kappa shape index (κ1) is 22.4. The van der Waals surface area contributed by atoms with Gasteiger partial charge >= 0.3 is 0 Å². The number of halogens is 1. The van der Waals surface area contributed by atoms with Crippen molar-refractivity contribution in [3.8, 4) is 11.5 Å². The molecule has 0 aliphatic heterocycles. The Morgan fingerprint density at radius 2 is 1.84 bits per heavy atom. The lowest BCUT2D eigenvalue weighted by Gasteiger charge is -2.11. The monoisotopic (exact) mass is 443 g/mol. The fourth-order valence-electron chi connectivity index (χ4n) is 2.87. The van der Waals surface area contributed by atoms with Gasteiger partial charge < -0.3 is 19.8 Å². The summed E-state index contributed by atoms with van der Waals surface area (Å²) in [4.78, 5) is 32.1. The molecule has 3 aromatic rings. The van der Waals surface area contributed by atoms with Crippen molar-refractivity contribution < 1.29 is 18.7 Å². The number of nitrogens with one attached hydrogen (secondary N) is 2. The Kier molecular flexibility index (Phi) is 7.30. The molecule has 0 fully saturated rings. The normalized spacial score (nSPS) is 10.6. The minimum Gasteiger partial charge on any atom is -0.493 e. The Morgan fingerprint density at radius 3 is 2.48 bits per heavy atom. The van der Waals surface area contributed by atoms with Crippen molar-refractivity contribution in [2.75, 3.05) is 19.5 Å². The van der Waals surface area contributed by atoms with Crippen molar-refractivity contribution in [1.29, 1.82) is 0 Å². The molecule has 3 rings (SSSR count). The topological polar surface area (TPSA) is 93.3 Å². The van der Waals surface area contributed by atoms with E-state index in [-0.39, 0.29) is 23.7 Å². The Hall–Kier alpha value is -3.33. The van der Waals surface area contributed by atoms with Gasteiger partial charge in [0.15, 0.2) is 16.7 Å². The molecular weight excluding hydrogens is 421 g/mol. The van der Waals surface area contributed by atoms with Gasteiger partial charge in [-0.15, -0.1) is 0 Å². The predicted molar refractivity (Wildman–Crippen MR) is 117 cm³/mol. The van der Waals surface area contributed by atoms with Crippen molar-refractivity contribution in [3.05, 3.63) is 75.5 Å². The van der Waals surface area contributed by atoms with Crippen LogP contribution in [0.3, 0.4) is 0 Å². The third-order valence-corrected chi connectivity index (χ3v) is 5.44. The number of aryl methyl sites for hydroxylation is 1. The largest absolute Gasteiger partial charge is 0.493 e. The van der Waals surface area contributed by atoms with Crippen molar-refractivity contribution >= 4 is 23.4 Å². The third kappa shape index (κ3) is 5.85. The number of carbonyl (C=O) groups excluding carboxylic acids is 1. The van der Waals surface area contributed by atoms with Crippen LogP contribution in [0.1, 0.15) is 16.8 Å². The van der Waals surface area contributed by atoms with Gasteiger partial charge in [-0.1, -0.05) is 23.9 Å². The van der Waals surface area contributed by atoms with Crippen LogP contribution in [0.25, 0.3) is 0 Å². The molecule has 1 amide bonds. The van der Waals surface area contributed by atoms with Crippen LogP contribution in [0.4, 0.5) is 10.1 Å². The van der Waals surface area contributed by atoms with Crippen molar-refractivity contribution in [2.45, 2.75) is 24.3 Å². The van der Waals surface area contributed by atoms with Crippen LogP contribution in [0.15, 0.2) is 52.4 Å². The summed E-state index contributed by atoms with van der Waals surface area (Å²) >= 11 is 1.33. The van der Waals surface area contributed by atoms with Gasteiger partial charge in [-0.05, 0) is 36.8 Å². The Bertz CT molecular complexity index is 1130. The number of aromatic amines is 1. The average Bonchev–Trinajstić information content (AvgIpc) is 2.75. The summed E-state index contributed by atoms with van der Waals surface area (Å²) in [6, 6.07) is 11.1. The van der Waals surface area contributed by atoms with Crippen LogP contribution in [0, 0.1) is 12.7 Å². The molecule has 0 aliphatic rings. The number of aromatic nitrogens is 2. The van der Waals surface area contributed by atoms with Gasteiger partial charge in [0.05, 0.1) is 20.6 Å². The molecule has 0 saturated carbocycles. The smallest absolute Gasteiger partial charge is 0.255 e. The van der Waals surface area contributed by atoms with E-state index in [0.717, 1.165) is 5.56 Å². The molecule has 0 atom stereocenters. The predicted octanol–water partition coefficient (Wildman–Crippen LogP) is 3.71. The molecule has 0 radical (unpaired) electrons. The average molecular weight is 444 g/mol. The minimum atomic E-state index is -0.364. The summed E-state index contributed by atoms with van der Waals surface area (Å²) in [5.74, 6) is 0.910. The zero-order chi connectivity index (χ0) is 22.4. The molecule has 1 heterocycles. The Balaban J connectivity index is 1.66. The fourth-order valence-corrected chi connectivity index (χ4v) is 3.74. The van der Waals surface area contributed by atoms with E-state index in [1.807, 2.05) is 0 Å². The standard InChI is InChI=1S/C22H22FN3O4S/c1-13-17(11-20(27)25-16-8-9-18(29-2)19(10-16)30-3)21(28)26-22(24-13)31-12-14-4-6-15(23)7-5-14/h4-10H,11-12H2,1-3H3,(H,25,27)(H,24,26,28). The number of methoxy groups -OCH3 is 2. The van der Waals surface area contributed by atoms with Crippen LogP contribution < -0.4 is 20.3 Å². The van der Waals surface area contributed by atoms with Gasteiger partial charge in [0, 0.05) is 28.8 Å². The number of benzene rings is 2. The maximum atomic E-state index is 13.0. The highest BCUT2D eigenvalue weighted by Gasteiger charge is 2.14. The molecular formula is C22H22FN3O4S. The Morgan fingerprint density at radius 1 is 1.13 bits per heavy atom. The van der Waals surface area contributed by atoms with Gasteiger partial charge in [0.25, 0.3) is 5.56 Å². The van der Waals surface area contributed by atoms with E-state index in [0.29, 0.717) is 39.4 Å². The molecule has 9 heteroatoms. The van der Waals surface area contributed by atoms with Gasteiger partial charge in [-0.25, -0.2) is 9.37 Å². The summed E-state index contributed by atoms with van der Waals surface area (Å²) in [5, 5.41) is 3.19. The fraction of sp³-hybridized carbons (Fsp3) is 0.227. The highest BCUT2D eigenvalue weighted by atomic mass is 32.2. The number of hydrogen-bond donors (Lipinski definition) is 2. The van der Waals surface area contributed by atoms with E-state index < -0.39 is 0 Å². The van der Waals surface area contributed by atoms with Crippen LogP contribution in [0.2, 0.25) is 0 Å². The number of nitrogens with zero attached hydrogens (tertiary/aromatic N) is 1. The number of rotatable bonds is 8. The molecule has 0 spiro atoms. The van der Waals surface area contributed by atoms with E-state index in [2.05, 4.69) is 15.3 Å². The number of hydrogen-bond acceptors (Lipinski definition) is 6. The maximum Gasteiger partial charge on any atom is 0.255 e. The molecule has 0 unspecified atom stereocenters. The van der Waals surface area contributed by atoms with E-state index in [9.17, 15) is 14.0 Å². The first-order valence-electron chi connectivity index (χ1n) is 9.38. The summed E-state index contributed by atoms with van der Waals surface area (Å²) in [5.41, 5.74) is 1.84. The van der Waals surface area contributed by atoms with E-state index in [1.54, 1.807) is 37.3 Å². The van der Waals surface area contributed by atoms with E-state index >= 15 is 0 Å². The molecule has 2 aromatic carbocycles. The molecule has 31 heavy (non-hydrogen) atoms. The number of carbonyl (C=O) groups is 1. The highest BCUT2D eigenvalue weighted by Crippen LogP contribution is 2.29. The third-order valence-electron chi connectivity index (χ3n) is 4.49. The molecule has 2 N–H and O–H groups in total. The quantitative estimate of drug-likeness (QED) is 0.407. The summed E-state index contributed by atoms with van der Waals surface area (Å²) < 4.78 is 23.4. The first-order chi connectivity index (χ1) is 14.9. The number of H-pyrrole nitrogens is 1. The summed E-state index contributed by atoms with van der Waals surface area (Å²) in [6.45, 7) is 1.69. The zero-order valence-electron chi connectivity index (χ0n) is 17.3. The van der Waals surface area contributed by atoms with Gasteiger partial charge in [-0.2, -0.15) is 0 Å². The lowest BCUT2D eigenvalue weighted by Crippen LogP contribution is -2.23. The minimum absolute atomic E-state index is 0.120. The van der Waals surface area contributed by atoms with Crippen LogP contribution in [-0.2, 0) is 17.0 Å². The van der Waals surface area contributed by atoms with Gasteiger partial charge in [0.2, 0.25) is 5.91 Å². The zero-order valence-corrected chi connectivity index (χ0v) is 18.1.